The molecule has 0 N–H and O–H groups in total. The summed E-state index contributed by atoms with van der Waals surface area (Å²) in [5, 5.41) is 34.8. The van der Waals surface area contributed by atoms with Gasteiger partial charge in [-0.1, -0.05) is 91.0 Å². The number of fused-ring (bicyclic) bond motifs is 6. The summed E-state index contributed by atoms with van der Waals surface area (Å²) in [6.45, 7) is 17.1. The molecule has 12 aromatic rings. The van der Waals surface area contributed by atoms with Gasteiger partial charge < -0.3 is 9.13 Å². The highest BCUT2D eigenvalue weighted by molar-refractivity contribution is 6.14. The molecule has 0 amide bonds. The Hall–Kier alpha value is -11.0. The van der Waals surface area contributed by atoms with Crippen LogP contribution in [0.25, 0.3) is 120 Å². The quantitative estimate of drug-likeness (QED) is 0.149. The van der Waals surface area contributed by atoms with Crippen LogP contribution in [0.2, 0.25) is 0 Å². The number of nitriles is 3. The van der Waals surface area contributed by atoms with E-state index in [1.165, 1.54) is 6.07 Å². The minimum absolute atomic E-state index is 0.287. The van der Waals surface area contributed by atoms with E-state index in [0.717, 1.165) is 100 Å². The molecular weight excluding hydrogens is 960 g/mol. The summed E-state index contributed by atoms with van der Waals surface area (Å²) in [4.78, 5) is 7.36. The molecule has 2 heterocycles. The average molecular weight is 996 g/mol. The molecule has 7 nitrogen and oxygen atoms in total. The zero-order chi connectivity index (χ0) is 53.1. The van der Waals surface area contributed by atoms with E-state index in [1.54, 1.807) is 31.2 Å². The van der Waals surface area contributed by atoms with Crippen LogP contribution >= 0.6 is 0 Å². The number of alkyl halides is 3. The molecule has 2 aromatic heterocycles. The first kappa shape index (κ1) is 47.1. The third kappa shape index (κ3) is 8.15. The Kier molecular flexibility index (Phi) is 11.3. The summed E-state index contributed by atoms with van der Waals surface area (Å²) in [5.74, 6) is 0. The van der Waals surface area contributed by atoms with Crippen molar-refractivity contribution in [3.63, 3.8) is 0 Å². The smallest absolute Gasteiger partial charge is 0.308 e. The van der Waals surface area contributed by atoms with Crippen molar-refractivity contribution in [2.24, 2.45) is 0 Å². The van der Waals surface area contributed by atoms with E-state index in [2.05, 4.69) is 52.2 Å². The van der Waals surface area contributed by atoms with Gasteiger partial charge in [0.2, 0.25) is 0 Å². The van der Waals surface area contributed by atoms with Crippen molar-refractivity contribution < 1.29 is 13.2 Å². The largest absolute Gasteiger partial charge is 0.416 e. The highest BCUT2D eigenvalue weighted by Gasteiger charge is 2.31. The molecule has 10 aromatic carbocycles. The van der Waals surface area contributed by atoms with Crippen molar-refractivity contribution in [3.05, 3.63) is 251 Å². The summed E-state index contributed by atoms with van der Waals surface area (Å²) >= 11 is 0. The lowest BCUT2D eigenvalue weighted by atomic mass is 9.95. The molecule has 77 heavy (non-hydrogen) atoms. The van der Waals surface area contributed by atoms with Crippen LogP contribution in [0.4, 0.5) is 24.5 Å². The minimum Gasteiger partial charge on any atom is -0.308 e. The van der Waals surface area contributed by atoms with E-state index in [4.69, 9.17) is 13.1 Å². The van der Waals surface area contributed by atoms with E-state index in [9.17, 15) is 29.0 Å². The van der Waals surface area contributed by atoms with Crippen LogP contribution < -0.4 is 0 Å². The first-order valence-electron chi connectivity index (χ1n) is 24.4. The number of aryl methyl sites for hydroxylation is 1. The van der Waals surface area contributed by atoms with Gasteiger partial charge in [-0.2, -0.15) is 29.0 Å². The molecule has 0 radical (unpaired) electrons. The summed E-state index contributed by atoms with van der Waals surface area (Å²) in [6.07, 6.45) is -4.58. The summed E-state index contributed by atoms with van der Waals surface area (Å²) in [6, 6.07) is 68.3. The van der Waals surface area contributed by atoms with Crippen LogP contribution in [0, 0.1) is 54.1 Å². The molecule has 0 atom stereocenters. The van der Waals surface area contributed by atoms with Crippen molar-refractivity contribution in [1.29, 1.82) is 15.8 Å². The number of hydrogen-bond donors (Lipinski definition) is 0. The van der Waals surface area contributed by atoms with Crippen LogP contribution in [0.1, 0.15) is 27.8 Å². The van der Waals surface area contributed by atoms with Gasteiger partial charge >= 0.3 is 6.18 Å². The van der Waals surface area contributed by atoms with Crippen LogP contribution in [0.5, 0.6) is 0 Å². The zero-order valence-corrected chi connectivity index (χ0v) is 40.8. The Morgan fingerprint density at radius 1 is 0.403 bits per heavy atom. The van der Waals surface area contributed by atoms with Gasteiger partial charge in [0, 0.05) is 21.5 Å². The fourth-order valence-corrected chi connectivity index (χ4v) is 10.7. The molecule has 0 bridgehead atoms. The van der Waals surface area contributed by atoms with Gasteiger partial charge in [0.1, 0.15) is 11.6 Å². The van der Waals surface area contributed by atoms with Gasteiger partial charge in [-0.15, -0.1) is 0 Å². The predicted molar refractivity (Wildman–Crippen MR) is 299 cm³/mol. The summed E-state index contributed by atoms with van der Waals surface area (Å²) in [7, 11) is 0. The lowest BCUT2D eigenvalue weighted by Crippen LogP contribution is -2.07. The average Bonchev–Trinajstić information content (AvgIpc) is 4.15. The fraction of sp³-hybridized carbons (Fsp3) is 0.0299. The first-order valence-corrected chi connectivity index (χ1v) is 24.4. The molecule has 0 fully saturated rings. The Labute approximate surface area is 440 Å². The second kappa shape index (κ2) is 18.5. The molecule has 10 heteroatoms. The zero-order valence-electron chi connectivity index (χ0n) is 40.8. The van der Waals surface area contributed by atoms with Gasteiger partial charge in [-0.3, -0.25) is 0 Å². The lowest BCUT2D eigenvalue weighted by Gasteiger charge is -2.20. The van der Waals surface area contributed by atoms with Gasteiger partial charge in [0.15, 0.2) is 11.4 Å². The number of rotatable bonds is 7. The van der Waals surface area contributed by atoms with Crippen molar-refractivity contribution in [2.45, 2.75) is 13.1 Å². The maximum Gasteiger partial charge on any atom is 0.416 e. The molecule has 0 unspecified atom stereocenters. The van der Waals surface area contributed by atoms with Crippen molar-refractivity contribution in [1.82, 2.24) is 9.13 Å². The van der Waals surface area contributed by atoms with Crippen LogP contribution in [0.3, 0.4) is 0 Å². The number of nitrogens with zero attached hydrogens (tertiary/aromatic N) is 7. The monoisotopic (exact) mass is 995 g/mol. The molecule has 0 spiro atoms. The molecule has 0 aliphatic heterocycles. The van der Waals surface area contributed by atoms with Crippen molar-refractivity contribution >= 4 is 55.0 Å². The molecule has 0 saturated carbocycles. The van der Waals surface area contributed by atoms with Crippen LogP contribution in [0.15, 0.2) is 200 Å². The predicted octanol–water partition coefficient (Wildman–Crippen LogP) is 18.3. The Morgan fingerprint density at radius 2 is 0.779 bits per heavy atom. The second-order valence-electron chi connectivity index (χ2n) is 18.8. The highest BCUT2D eigenvalue weighted by Crippen LogP contribution is 2.45. The second-order valence-corrected chi connectivity index (χ2v) is 18.8. The van der Waals surface area contributed by atoms with Crippen LogP contribution in [-0.2, 0) is 6.18 Å². The third-order valence-corrected chi connectivity index (χ3v) is 14.4. The number of hydrogen-bond acceptors (Lipinski definition) is 3. The van der Waals surface area contributed by atoms with Crippen LogP contribution in [-0.4, -0.2) is 9.13 Å². The summed E-state index contributed by atoms with van der Waals surface area (Å²) in [5.41, 5.74) is 13.7. The fourth-order valence-electron chi connectivity index (χ4n) is 10.7. The van der Waals surface area contributed by atoms with Gasteiger partial charge in [-0.25, -0.2) is 9.69 Å². The topological polar surface area (TPSA) is 89.9 Å². The number of benzene rings is 10. The number of halogens is 3. The maximum atomic E-state index is 14.3. The van der Waals surface area contributed by atoms with Gasteiger partial charge in [0.05, 0.1) is 75.4 Å². The Balaban J connectivity index is 1.19. The molecule has 12 rings (SSSR count). The SMILES string of the molecule is [C-]#[N+]c1cccc(-c2ccc3c(c2)c2cc(-c4cccc([N+]#[C-])c4)ccc2n3-c2cc(-c3ccc(C(F)(F)F)cc3C)cc(-n3c4ccc(-c5cccc(C#N)c5)cc4c4cc(-c5cccc(C#N)c5)ccc43)c2C#N)c1. The Bertz CT molecular complexity index is 4220. The molecule has 0 aliphatic rings. The van der Waals surface area contributed by atoms with E-state index < -0.39 is 11.7 Å². The van der Waals surface area contributed by atoms with Crippen molar-refractivity contribution in [2.75, 3.05) is 0 Å². The highest BCUT2D eigenvalue weighted by atomic mass is 19.4. The molecule has 0 aliphatic carbocycles. The Morgan fingerprint density at radius 3 is 1.13 bits per heavy atom. The maximum absolute atomic E-state index is 14.3. The lowest BCUT2D eigenvalue weighted by molar-refractivity contribution is -0.137. The molecular formula is C67H36F3N7. The minimum atomic E-state index is -4.58. The van der Waals surface area contributed by atoms with E-state index in [0.29, 0.717) is 50.6 Å². The normalized spacial score (nSPS) is 11.3. The molecule has 0 saturated heterocycles. The van der Waals surface area contributed by atoms with Gasteiger partial charge in [0.25, 0.3) is 0 Å². The number of aromatic nitrogens is 2. The van der Waals surface area contributed by atoms with Crippen molar-refractivity contribution in [3.8, 4) is 85.2 Å². The molecule has 360 valence electrons. The van der Waals surface area contributed by atoms with E-state index in [1.807, 2.05) is 143 Å². The van der Waals surface area contributed by atoms with Gasteiger partial charge in [-0.05, 0) is 177 Å². The summed E-state index contributed by atoms with van der Waals surface area (Å²) < 4.78 is 47.0. The first-order chi connectivity index (χ1) is 37.4. The van der Waals surface area contributed by atoms with E-state index >= 15 is 0 Å². The standard InChI is InChI=1S/C67H36F3N7/c1-40-26-52(67(68,69)70)20-21-55(40)51-35-65(76-61-22-16-47(43-10-4-8-41(27-43)37-71)31-56(61)57-32-48(17-23-62(57)76)44-11-5-9-42(28-44)38-72)60(39-73)66(36-51)77-63-24-18-49(45-12-6-14-53(29-45)74-2)33-58(63)59-34-50(19-25-64(59)77)46-13-7-15-54(30-46)75-3/h4-36H,1H3. The third-order valence-electron chi connectivity index (χ3n) is 14.4. The van der Waals surface area contributed by atoms with E-state index in [-0.39, 0.29) is 5.56 Å².